The van der Waals surface area contributed by atoms with Gasteiger partial charge >= 0.3 is 0 Å². The third kappa shape index (κ3) is 4.17. The first-order valence-electron chi connectivity index (χ1n) is 9.46. The number of nitrogens with zero attached hydrogens (tertiary/aromatic N) is 4. The minimum atomic E-state index is -0.386. The quantitative estimate of drug-likeness (QED) is 0.350. The Hall–Kier alpha value is -4.07. The van der Waals surface area contributed by atoms with Crippen molar-refractivity contribution in [2.24, 2.45) is 0 Å². The molecule has 2 aromatic heterocycles. The molecule has 2 aromatic carbocycles. The lowest BCUT2D eigenvalue weighted by Crippen LogP contribution is -2.02. The molecule has 0 amide bonds. The molecule has 0 saturated carbocycles. The minimum Gasteiger partial charge on any atom is -0.488 e. The second-order valence-electron chi connectivity index (χ2n) is 6.60. The molecule has 0 atom stereocenters. The Labute approximate surface area is 172 Å². The number of pyridine rings is 1. The van der Waals surface area contributed by atoms with Crippen molar-refractivity contribution in [3.63, 3.8) is 0 Å². The first kappa shape index (κ1) is 19.3. The molecule has 30 heavy (non-hydrogen) atoms. The van der Waals surface area contributed by atoms with Gasteiger partial charge in [0.05, 0.1) is 22.2 Å². The van der Waals surface area contributed by atoms with Crippen LogP contribution in [0.15, 0.2) is 67.1 Å². The molecule has 0 fully saturated rings. The van der Waals surface area contributed by atoms with Gasteiger partial charge in [-0.15, -0.1) is 0 Å². The van der Waals surface area contributed by atoms with Crippen LogP contribution in [0.4, 0.5) is 17.3 Å². The highest BCUT2D eigenvalue weighted by atomic mass is 16.6. The van der Waals surface area contributed by atoms with Crippen molar-refractivity contribution in [2.45, 2.75) is 20.0 Å². The Kier molecular flexibility index (Phi) is 5.47. The van der Waals surface area contributed by atoms with Crippen molar-refractivity contribution >= 4 is 28.1 Å². The fraction of sp³-hybridized carbons (Fsp3) is 0.136. The molecular formula is C22H19N5O3. The molecule has 0 radical (unpaired) electrons. The van der Waals surface area contributed by atoms with Gasteiger partial charge < -0.3 is 10.1 Å². The Morgan fingerprint density at radius 1 is 1.07 bits per heavy atom. The van der Waals surface area contributed by atoms with Crippen LogP contribution in [0.5, 0.6) is 5.75 Å². The largest absolute Gasteiger partial charge is 0.488 e. The standard InChI is InChI=1S/C22H19N5O3/c1-2-16-12-23-13-22(25-16)26-21-11-15(9-10-24-21)14-30-20-8-7-19(27(28)29)17-5-3-4-6-18(17)20/h3-13H,2,14H2,1H3,(H,24,25,26). The second-order valence-corrected chi connectivity index (χ2v) is 6.60. The van der Waals surface area contributed by atoms with Crippen LogP contribution in [0.3, 0.4) is 0 Å². The lowest BCUT2D eigenvalue weighted by Gasteiger charge is -2.11. The molecule has 0 aliphatic heterocycles. The van der Waals surface area contributed by atoms with Gasteiger partial charge in [0.15, 0.2) is 0 Å². The molecule has 150 valence electrons. The van der Waals surface area contributed by atoms with Crippen LogP contribution in [0.25, 0.3) is 10.8 Å². The van der Waals surface area contributed by atoms with Crippen LogP contribution in [-0.2, 0) is 13.0 Å². The monoisotopic (exact) mass is 401 g/mol. The van der Waals surface area contributed by atoms with Gasteiger partial charge in [-0.05, 0) is 36.2 Å². The molecule has 0 spiro atoms. The maximum atomic E-state index is 11.3. The van der Waals surface area contributed by atoms with Crippen LogP contribution in [0.2, 0.25) is 0 Å². The number of anilines is 2. The maximum absolute atomic E-state index is 11.3. The number of ether oxygens (including phenoxy) is 1. The van der Waals surface area contributed by atoms with Crippen molar-refractivity contribution in [3.8, 4) is 5.75 Å². The average Bonchev–Trinajstić information content (AvgIpc) is 2.77. The smallest absolute Gasteiger partial charge is 0.277 e. The number of nitro benzene ring substituents is 1. The fourth-order valence-electron chi connectivity index (χ4n) is 3.10. The number of rotatable bonds is 7. The number of aryl methyl sites for hydroxylation is 1. The zero-order valence-corrected chi connectivity index (χ0v) is 16.3. The maximum Gasteiger partial charge on any atom is 0.277 e. The van der Waals surface area contributed by atoms with Gasteiger partial charge in [-0.1, -0.05) is 25.1 Å². The number of aromatic nitrogens is 3. The summed E-state index contributed by atoms with van der Waals surface area (Å²) in [5.74, 6) is 1.84. The summed E-state index contributed by atoms with van der Waals surface area (Å²) in [7, 11) is 0. The number of non-ortho nitro benzene ring substituents is 1. The van der Waals surface area contributed by atoms with Gasteiger partial charge in [0.1, 0.15) is 24.0 Å². The van der Waals surface area contributed by atoms with Crippen LogP contribution in [-0.4, -0.2) is 19.9 Å². The van der Waals surface area contributed by atoms with Gasteiger partial charge in [-0.3, -0.25) is 15.1 Å². The lowest BCUT2D eigenvalue weighted by atomic mass is 10.1. The van der Waals surface area contributed by atoms with E-state index in [2.05, 4.69) is 20.3 Å². The number of hydrogen-bond donors (Lipinski definition) is 1. The van der Waals surface area contributed by atoms with E-state index in [4.69, 9.17) is 4.74 Å². The predicted molar refractivity (Wildman–Crippen MR) is 114 cm³/mol. The van der Waals surface area contributed by atoms with E-state index in [-0.39, 0.29) is 10.6 Å². The highest BCUT2D eigenvalue weighted by Crippen LogP contribution is 2.33. The summed E-state index contributed by atoms with van der Waals surface area (Å²) in [6, 6.07) is 14.0. The van der Waals surface area contributed by atoms with Crippen LogP contribution < -0.4 is 10.1 Å². The van der Waals surface area contributed by atoms with E-state index in [9.17, 15) is 10.1 Å². The summed E-state index contributed by atoms with van der Waals surface area (Å²) >= 11 is 0. The molecule has 4 rings (SSSR count). The van der Waals surface area contributed by atoms with E-state index < -0.39 is 0 Å². The molecule has 0 bridgehead atoms. The average molecular weight is 401 g/mol. The zero-order valence-electron chi connectivity index (χ0n) is 16.3. The van der Waals surface area contributed by atoms with Crippen LogP contribution in [0, 0.1) is 10.1 Å². The number of hydrogen-bond acceptors (Lipinski definition) is 7. The van der Waals surface area contributed by atoms with Gasteiger partial charge in [0.25, 0.3) is 5.69 Å². The van der Waals surface area contributed by atoms with Crippen molar-refractivity contribution in [1.82, 2.24) is 15.0 Å². The molecular weight excluding hydrogens is 382 g/mol. The molecule has 8 heteroatoms. The summed E-state index contributed by atoms with van der Waals surface area (Å²) in [6.45, 7) is 2.31. The van der Waals surface area contributed by atoms with Crippen molar-refractivity contribution in [3.05, 3.63) is 88.5 Å². The lowest BCUT2D eigenvalue weighted by molar-refractivity contribution is -0.383. The molecule has 0 aliphatic carbocycles. The summed E-state index contributed by atoms with van der Waals surface area (Å²) in [4.78, 5) is 23.8. The SMILES string of the molecule is CCc1cncc(Nc2cc(COc3ccc([N+](=O)[O-])c4ccccc34)ccn2)n1. The third-order valence-electron chi connectivity index (χ3n) is 4.58. The highest BCUT2D eigenvalue weighted by molar-refractivity contribution is 5.95. The predicted octanol–water partition coefficient (Wildman–Crippen LogP) is 4.82. The summed E-state index contributed by atoms with van der Waals surface area (Å²) < 4.78 is 5.98. The van der Waals surface area contributed by atoms with Crippen molar-refractivity contribution < 1.29 is 9.66 Å². The van der Waals surface area contributed by atoms with Gasteiger partial charge in [-0.2, -0.15) is 0 Å². The molecule has 1 N–H and O–H groups in total. The minimum absolute atomic E-state index is 0.0590. The zero-order chi connectivity index (χ0) is 20.9. The van der Waals surface area contributed by atoms with Crippen LogP contribution >= 0.6 is 0 Å². The Bertz CT molecular complexity index is 1210. The second kappa shape index (κ2) is 8.52. The van der Waals surface area contributed by atoms with E-state index in [1.165, 1.54) is 6.07 Å². The van der Waals surface area contributed by atoms with Crippen molar-refractivity contribution in [2.75, 3.05) is 5.32 Å². The Balaban J connectivity index is 1.53. The topological polar surface area (TPSA) is 103 Å². The fourth-order valence-corrected chi connectivity index (χ4v) is 3.10. The van der Waals surface area contributed by atoms with Gasteiger partial charge in [0, 0.05) is 23.8 Å². The Morgan fingerprint density at radius 2 is 1.90 bits per heavy atom. The first-order chi connectivity index (χ1) is 14.6. The van der Waals surface area contributed by atoms with E-state index >= 15 is 0 Å². The first-order valence-corrected chi connectivity index (χ1v) is 9.46. The molecule has 2 heterocycles. The summed E-state index contributed by atoms with van der Waals surface area (Å²) in [5, 5.41) is 15.7. The van der Waals surface area contributed by atoms with E-state index in [1.807, 2.05) is 31.2 Å². The van der Waals surface area contributed by atoms with Crippen molar-refractivity contribution in [1.29, 1.82) is 0 Å². The molecule has 8 nitrogen and oxygen atoms in total. The van der Waals surface area contributed by atoms with Gasteiger partial charge in [0.2, 0.25) is 0 Å². The molecule has 0 aliphatic rings. The number of fused-ring (bicyclic) bond motifs is 1. The molecule has 0 saturated heterocycles. The summed E-state index contributed by atoms with van der Waals surface area (Å²) in [6.07, 6.45) is 5.86. The molecule has 4 aromatic rings. The van der Waals surface area contributed by atoms with E-state index in [1.54, 1.807) is 36.8 Å². The summed E-state index contributed by atoms with van der Waals surface area (Å²) in [5.41, 5.74) is 1.85. The highest BCUT2D eigenvalue weighted by Gasteiger charge is 2.14. The Morgan fingerprint density at radius 3 is 2.70 bits per heavy atom. The van der Waals surface area contributed by atoms with Gasteiger partial charge in [-0.25, -0.2) is 9.97 Å². The number of nitrogens with one attached hydrogen (secondary N) is 1. The molecule has 0 unspecified atom stereocenters. The third-order valence-corrected chi connectivity index (χ3v) is 4.58. The number of benzene rings is 2. The van der Waals surface area contributed by atoms with E-state index in [0.29, 0.717) is 34.8 Å². The number of nitro groups is 1. The normalized spacial score (nSPS) is 10.7. The van der Waals surface area contributed by atoms with E-state index in [0.717, 1.165) is 17.7 Å². The van der Waals surface area contributed by atoms with Crippen LogP contribution in [0.1, 0.15) is 18.2 Å².